The zero-order valence-electron chi connectivity index (χ0n) is 11.2. The molecule has 0 saturated carbocycles. The van der Waals surface area contributed by atoms with Crippen LogP contribution < -0.4 is 5.32 Å². The monoisotopic (exact) mass is 239 g/mol. The van der Waals surface area contributed by atoms with Gasteiger partial charge in [0.2, 0.25) is 0 Å². The number of aryl methyl sites for hydroxylation is 1. The molecule has 94 valence electrons. The summed E-state index contributed by atoms with van der Waals surface area (Å²) in [6.45, 7) is 2.37. The van der Waals surface area contributed by atoms with Crippen molar-refractivity contribution < 1.29 is 0 Å². The number of nitrogens with one attached hydrogen (secondary N) is 1. The minimum absolute atomic E-state index is 0.516. The molecule has 0 spiro atoms. The van der Waals surface area contributed by atoms with E-state index in [-0.39, 0.29) is 0 Å². The third-order valence-corrected chi connectivity index (χ3v) is 4.33. The van der Waals surface area contributed by atoms with Crippen molar-refractivity contribution in [3.63, 3.8) is 0 Å². The average Bonchev–Trinajstić information content (AvgIpc) is 2.58. The molecule has 2 aromatic carbocycles. The predicted molar refractivity (Wildman–Crippen MR) is 77.9 cm³/mol. The summed E-state index contributed by atoms with van der Waals surface area (Å²) in [6.07, 6.45) is 3.77. The first kappa shape index (κ1) is 11.7. The Morgan fingerprint density at radius 1 is 1.11 bits per heavy atom. The summed E-state index contributed by atoms with van der Waals surface area (Å²) in [6, 6.07) is 13.9. The molecule has 0 heterocycles. The fourth-order valence-corrected chi connectivity index (χ4v) is 3.27. The molecule has 0 amide bonds. The number of benzene rings is 2. The van der Waals surface area contributed by atoms with E-state index in [1.54, 1.807) is 5.56 Å². The van der Waals surface area contributed by atoms with E-state index in [9.17, 15) is 0 Å². The fourth-order valence-electron chi connectivity index (χ4n) is 3.27. The third-order valence-electron chi connectivity index (χ3n) is 4.33. The second-order valence-corrected chi connectivity index (χ2v) is 5.58. The number of rotatable bonds is 1. The van der Waals surface area contributed by atoms with Gasteiger partial charge in [0.05, 0.1) is 0 Å². The van der Waals surface area contributed by atoms with Gasteiger partial charge in [-0.05, 0) is 54.1 Å². The van der Waals surface area contributed by atoms with E-state index in [1.165, 1.54) is 35.6 Å². The maximum absolute atomic E-state index is 3.50. The molecule has 0 aliphatic heterocycles. The van der Waals surface area contributed by atoms with Crippen LogP contribution in [0.3, 0.4) is 0 Å². The zero-order chi connectivity index (χ0) is 12.5. The van der Waals surface area contributed by atoms with Crippen LogP contribution in [0.15, 0.2) is 36.4 Å². The van der Waals surface area contributed by atoms with Crippen molar-refractivity contribution in [1.29, 1.82) is 0 Å². The SMILES string of the molecule is CNC1CC(C)CCc2c1ccc1ccccc21. The van der Waals surface area contributed by atoms with Crippen LogP contribution in [-0.2, 0) is 6.42 Å². The Hall–Kier alpha value is -1.34. The van der Waals surface area contributed by atoms with Crippen molar-refractivity contribution >= 4 is 10.8 Å². The molecular weight excluding hydrogens is 218 g/mol. The fraction of sp³-hybridized carbons (Fsp3) is 0.412. The molecular formula is C17H21N. The van der Waals surface area contributed by atoms with Gasteiger partial charge in [0, 0.05) is 6.04 Å². The summed E-state index contributed by atoms with van der Waals surface area (Å²) in [5.41, 5.74) is 3.08. The molecule has 1 aliphatic rings. The van der Waals surface area contributed by atoms with Crippen LogP contribution in [0.1, 0.15) is 36.9 Å². The summed E-state index contributed by atoms with van der Waals surface area (Å²) in [4.78, 5) is 0. The number of fused-ring (bicyclic) bond motifs is 3. The van der Waals surface area contributed by atoms with Gasteiger partial charge < -0.3 is 5.32 Å². The van der Waals surface area contributed by atoms with Crippen LogP contribution in [0.5, 0.6) is 0 Å². The Bertz CT molecular complexity index is 559. The van der Waals surface area contributed by atoms with Gasteiger partial charge in [-0.2, -0.15) is 0 Å². The standard InChI is InChI=1S/C17H21N/c1-12-7-9-15-14-6-4-3-5-13(14)8-10-16(15)17(11-12)18-2/h3-6,8,10,12,17-18H,7,9,11H2,1-2H3. The summed E-state index contributed by atoms with van der Waals surface area (Å²) in [5.74, 6) is 0.800. The Labute approximate surface area is 109 Å². The van der Waals surface area contributed by atoms with Crippen LogP contribution >= 0.6 is 0 Å². The molecule has 2 unspecified atom stereocenters. The molecule has 3 rings (SSSR count). The van der Waals surface area contributed by atoms with E-state index < -0.39 is 0 Å². The normalized spacial score (nSPS) is 23.7. The smallest absolute Gasteiger partial charge is 0.0323 e. The lowest BCUT2D eigenvalue weighted by molar-refractivity contribution is 0.428. The van der Waals surface area contributed by atoms with Gasteiger partial charge >= 0.3 is 0 Å². The van der Waals surface area contributed by atoms with Crippen LogP contribution in [0.25, 0.3) is 10.8 Å². The van der Waals surface area contributed by atoms with Crippen molar-refractivity contribution in [2.75, 3.05) is 7.05 Å². The first-order valence-electron chi connectivity index (χ1n) is 6.97. The van der Waals surface area contributed by atoms with E-state index in [2.05, 4.69) is 55.7 Å². The first-order chi connectivity index (χ1) is 8.79. The van der Waals surface area contributed by atoms with Gasteiger partial charge in [0.15, 0.2) is 0 Å². The van der Waals surface area contributed by atoms with E-state index in [0.717, 1.165) is 5.92 Å². The molecule has 1 N–H and O–H groups in total. The van der Waals surface area contributed by atoms with Crippen molar-refractivity contribution in [2.24, 2.45) is 5.92 Å². The Kier molecular flexibility index (Phi) is 3.09. The van der Waals surface area contributed by atoms with Gasteiger partial charge in [0.25, 0.3) is 0 Å². The lowest BCUT2D eigenvalue weighted by Crippen LogP contribution is -2.18. The summed E-state index contributed by atoms with van der Waals surface area (Å²) >= 11 is 0. The topological polar surface area (TPSA) is 12.0 Å². The molecule has 0 radical (unpaired) electrons. The van der Waals surface area contributed by atoms with Crippen molar-refractivity contribution in [3.05, 3.63) is 47.5 Å². The molecule has 0 aromatic heterocycles. The van der Waals surface area contributed by atoms with E-state index in [0.29, 0.717) is 6.04 Å². The highest BCUT2D eigenvalue weighted by atomic mass is 14.9. The largest absolute Gasteiger partial charge is 0.313 e. The Morgan fingerprint density at radius 3 is 2.78 bits per heavy atom. The lowest BCUT2D eigenvalue weighted by Gasteiger charge is -2.19. The maximum atomic E-state index is 3.50. The number of hydrogen-bond donors (Lipinski definition) is 1. The molecule has 1 aliphatic carbocycles. The molecule has 0 fully saturated rings. The maximum Gasteiger partial charge on any atom is 0.0323 e. The predicted octanol–water partition coefficient (Wildman–Crippen LogP) is 4.07. The van der Waals surface area contributed by atoms with Crippen molar-refractivity contribution in [3.8, 4) is 0 Å². The van der Waals surface area contributed by atoms with E-state index >= 15 is 0 Å². The second-order valence-electron chi connectivity index (χ2n) is 5.58. The van der Waals surface area contributed by atoms with Gasteiger partial charge in [-0.15, -0.1) is 0 Å². The highest BCUT2D eigenvalue weighted by Crippen LogP contribution is 2.35. The summed E-state index contributed by atoms with van der Waals surface area (Å²) in [5, 5.41) is 6.32. The van der Waals surface area contributed by atoms with Crippen LogP contribution in [0, 0.1) is 5.92 Å². The third kappa shape index (κ3) is 1.93. The van der Waals surface area contributed by atoms with Gasteiger partial charge in [-0.3, -0.25) is 0 Å². The van der Waals surface area contributed by atoms with Crippen LogP contribution in [0.2, 0.25) is 0 Å². The minimum Gasteiger partial charge on any atom is -0.313 e. The summed E-state index contributed by atoms with van der Waals surface area (Å²) in [7, 11) is 2.08. The molecule has 2 atom stereocenters. The van der Waals surface area contributed by atoms with Crippen LogP contribution in [-0.4, -0.2) is 7.05 Å². The molecule has 0 bridgehead atoms. The molecule has 1 nitrogen and oxygen atoms in total. The summed E-state index contributed by atoms with van der Waals surface area (Å²) < 4.78 is 0. The zero-order valence-corrected chi connectivity index (χ0v) is 11.2. The minimum atomic E-state index is 0.516. The van der Waals surface area contributed by atoms with Crippen molar-refractivity contribution in [1.82, 2.24) is 5.32 Å². The van der Waals surface area contributed by atoms with Crippen LogP contribution in [0.4, 0.5) is 0 Å². The van der Waals surface area contributed by atoms with Gasteiger partial charge in [-0.25, -0.2) is 0 Å². The molecule has 18 heavy (non-hydrogen) atoms. The highest BCUT2D eigenvalue weighted by molar-refractivity contribution is 5.87. The van der Waals surface area contributed by atoms with E-state index in [4.69, 9.17) is 0 Å². The van der Waals surface area contributed by atoms with E-state index in [1.807, 2.05) is 0 Å². The van der Waals surface area contributed by atoms with Gasteiger partial charge in [-0.1, -0.05) is 43.3 Å². The molecule has 0 saturated heterocycles. The molecule has 1 heteroatoms. The first-order valence-corrected chi connectivity index (χ1v) is 6.97. The average molecular weight is 239 g/mol. The Balaban J connectivity index is 2.20. The molecule has 2 aromatic rings. The second kappa shape index (κ2) is 4.74. The van der Waals surface area contributed by atoms with Crippen molar-refractivity contribution in [2.45, 2.75) is 32.2 Å². The number of hydrogen-bond acceptors (Lipinski definition) is 1. The lowest BCUT2D eigenvalue weighted by atomic mass is 9.93. The van der Waals surface area contributed by atoms with Gasteiger partial charge in [0.1, 0.15) is 0 Å². The Morgan fingerprint density at radius 2 is 1.94 bits per heavy atom. The quantitative estimate of drug-likeness (QED) is 0.740. The highest BCUT2D eigenvalue weighted by Gasteiger charge is 2.22.